The summed E-state index contributed by atoms with van der Waals surface area (Å²) in [7, 11) is 0. The fraction of sp³-hybridized carbons (Fsp3) is 0. The number of nitrogen functional groups attached to an aromatic ring is 1. The lowest BCUT2D eigenvalue weighted by Gasteiger charge is -2.08. The summed E-state index contributed by atoms with van der Waals surface area (Å²) in [5.74, 6) is -1.17. The lowest BCUT2D eigenvalue weighted by atomic mass is 10.1. The average Bonchev–Trinajstić information content (AvgIpc) is 2.40. The van der Waals surface area contributed by atoms with Crippen molar-refractivity contribution in [3.8, 4) is 6.07 Å². The first kappa shape index (κ1) is 13.8. The Morgan fingerprint density at radius 3 is 2.70 bits per heavy atom. The van der Waals surface area contributed by atoms with Crippen molar-refractivity contribution in [3.63, 3.8) is 0 Å². The van der Waals surface area contributed by atoms with Gasteiger partial charge in [0.1, 0.15) is 5.82 Å². The van der Waals surface area contributed by atoms with Crippen molar-refractivity contribution in [2.75, 3.05) is 11.1 Å². The fourth-order valence-electron chi connectivity index (χ4n) is 1.63. The largest absolute Gasteiger partial charge is 0.399 e. The van der Waals surface area contributed by atoms with Crippen LogP contribution in [-0.2, 0) is 0 Å². The van der Waals surface area contributed by atoms with Gasteiger partial charge in [-0.15, -0.1) is 0 Å². The maximum absolute atomic E-state index is 13.2. The zero-order valence-corrected chi connectivity index (χ0v) is 10.9. The van der Waals surface area contributed by atoms with Crippen LogP contribution < -0.4 is 11.1 Å². The smallest absolute Gasteiger partial charge is 0.255 e. The molecule has 0 aliphatic rings. The highest BCUT2D eigenvalue weighted by Gasteiger charge is 2.11. The van der Waals surface area contributed by atoms with E-state index < -0.39 is 11.7 Å². The molecule has 4 nitrogen and oxygen atoms in total. The number of amides is 1. The number of nitriles is 1. The topological polar surface area (TPSA) is 78.9 Å². The molecule has 100 valence electrons. The highest BCUT2D eigenvalue weighted by atomic mass is 35.5. The molecule has 0 fully saturated rings. The Hall–Kier alpha value is -2.58. The molecule has 2 aromatic carbocycles. The Kier molecular flexibility index (Phi) is 3.87. The van der Waals surface area contributed by atoms with E-state index in [9.17, 15) is 9.18 Å². The molecule has 0 saturated carbocycles. The quantitative estimate of drug-likeness (QED) is 0.833. The van der Waals surface area contributed by atoms with Gasteiger partial charge in [-0.2, -0.15) is 5.26 Å². The number of hydrogen-bond donors (Lipinski definition) is 2. The van der Waals surface area contributed by atoms with Gasteiger partial charge in [-0.05, 0) is 36.4 Å². The van der Waals surface area contributed by atoms with Crippen LogP contribution in [0.15, 0.2) is 36.4 Å². The van der Waals surface area contributed by atoms with E-state index in [0.717, 1.165) is 12.1 Å². The minimum atomic E-state index is -0.605. The van der Waals surface area contributed by atoms with Gasteiger partial charge in [-0.25, -0.2) is 4.39 Å². The third kappa shape index (κ3) is 3.05. The van der Waals surface area contributed by atoms with Gasteiger partial charge in [0.2, 0.25) is 0 Å². The number of hydrogen-bond acceptors (Lipinski definition) is 3. The standard InChI is InChI=1S/C14H9ClFN3O/c15-12-2-1-8(7-17)3-13(12)19-14(20)9-4-10(16)6-11(18)5-9/h1-6H,18H2,(H,19,20). The Morgan fingerprint density at radius 1 is 1.30 bits per heavy atom. The normalized spacial score (nSPS) is 9.85. The number of benzene rings is 2. The van der Waals surface area contributed by atoms with Crippen molar-refractivity contribution in [1.82, 2.24) is 0 Å². The number of rotatable bonds is 2. The first-order chi connectivity index (χ1) is 9.49. The first-order valence-electron chi connectivity index (χ1n) is 5.56. The van der Waals surface area contributed by atoms with Crippen molar-refractivity contribution >= 4 is 28.9 Å². The third-order valence-electron chi connectivity index (χ3n) is 2.53. The molecule has 0 heterocycles. The van der Waals surface area contributed by atoms with Gasteiger partial charge in [0, 0.05) is 11.3 Å². The lowest BCUT2D eigenvalue weighted by Crippen LogP contribution is -2.13. The Morgan fingerprint density at radius 2 is 2.05 bits per heavy atom. The maximum atomic E-state index is 13.2. The minimum absolute atomic E-state index is 0.0703. The third-order valence-corrected chi connectivity index (χ3v) is 2.86. The van der Waals surface area contributed by atoms with Gasteiger partial charge < -0.3 is 11.1 Å². The van der Waals surface area contributed by atoms with Crippen LogP contribution >= 0.6 is 11.6 Å². The van der Waals surface area contributed by atoms with E-state index in [1.54, 1.807) is 0 Å². The number of carbonyl (C=O) groups excluding carboxylic acids is 1. The molecule has 3 N–H and O–H groups in total. The summed E-state index contributed by atoms with van der Waals surface area (Å²) in [6.07, 6.45) is 0. The van der Waals surface area contributed by atoms with Crippen molar-refractivity contribution in [2.45, 2.75) is 0 Å². The molecule has 0 aliphatic carbocycles. The van der Waals surface area contributed by atoms with E-state index in [4.69, 9.17) is 22.6 Å². The summed E-state index contributed by atoms with van der Waals surface area (Å²) in [6.45, 7) is 0. The van der Waals surface area contributed by atoms with E-state index in [1.165, 1.54) is 24.3 Å². The van der Waals surface area contributed by atoms with E-state index in [1.807, 2.05) is 6.07 Å². The van der Waals surface area contributed by atoms with Crippen LogP contribution in [0.1, 0.15) is 15.9 Å². The molecule has 0 radical (unpaired) electrons. The molecule has 0 spiro atoms. The zero-order chi connectivity index (χ0) is 14.7. The summed E-state index contributed by atoms with van der Waals surface area (Å²) in [5.41, 5.74) is 6.32. The van der Waals surface area contributed by atoms with E-state index in [0.29, 0.717) is 5.56 Å². The van der Waals surface area contributed by atoms with Gasteiger partial charge in [0.05, 0.1) is 22.3 Å². The van der Waals surface area contributed by atoms with Crippen LogP contribution in [0.3, 0.4) is 0 Å². The van der Waals surface area contributed by atoms with Crippen LogP contribution in [0.25, 0.3) is 0 Å². The van der Waals surface area contributed by atoms with Crippen molar-refractivity contribution < 1.29 is 9.18 Å². The summed E-state index contributed by atoms with van der Waals surface area (Å²) in [4.78, 5) is 12.0. The van der Waals surface area contributed by atoms with Crippen LogP contribution in [0.5, 0.6) is 0 Å². The highest BCUT2D eigenvalue weighted by Crippen LogP contribution is 2.23. The molecule has 0 aliphatic heterocycles. The van der Waals surface area contributed by atoms with Crippen molar-refractivity contribution in [3.05, 3.63) is 58.4 Å². The number of halogens is 2. The number of nitrogens with one attached hydrogen (secondary N) is 1. The minimum Gasteiger partial charge on any atom is -0.399 e. The van der Waals surface area contributed by atoms with Gasteiger partial charge in [0.15, 0.2) is 0 Å². The highest BCUT2D eigenvalue weighted by molar-refractivity contribution is 6.34. The fourth-order valence-corrected chi connectivity index (χ4v) is 1.79. The summed E-state index contributed by atoms with van der Waals surface area (Å²) < 4.78 is 13.2. The Labute approximate surface area is 119 Å². The molecule has 0 bridgehead atoms. The Balaban J connectivity index is 2.30. The number of anilines is 2. The van der Waals surface area contributed by atoms with Crippen LogP contribution in [-0.4, -0.2) is 5.91 Å². The van der Waals surface area contributed by atoms with Crippen LogP contribution in [0.4, 0.5) is 15.8 Å². The lowest BCUT2D eigenvalue weighted by molar-refractivity contribution is 0.102. The van der Waals surface area contributed by atoms with Crippen LogP contribution in [0, 0.1) is 17.1 Å². The van der Waals surface area contributed by atoms with Gasteiger partial charge in [-0.3, -0.25) is 4.79 Å². The summed E-state index contributed by atoms with van der Waals surface area (Å²) in [5, 5.41) is 11.6. The number of carbonyl (C=O) groups is 1. The van der Waals surface area contributed by atoms with Gasteiger partial charge in [-0.1, -0.05) is 11.6 Å². The molecule has 0 atom stereocenters. The zero-order valence-electron chi connectivity index (χ0n) is 10.2. The first-order valence-corrected chi connectivity index (χ1v) is 5.94. The molecular formula is C14H9ClFN3O. The van der Waals surface area contributed by atoms with Crippen molar-refractivity contribution in [1.29, 1.82) is 5.26 Å². The second kappa shape index (κ2) is 5.59. The average molecular weight is 290 g/mol. The molecule has 0 saturated heterocycles. The van der Waals surface area contributed by atoms with E-state index in [-0.39, 0.29) is 22.0 Å². The summed E-state index contributed by atoms with van der Waals surface area (Å²) >= 11 is 5.92. The predicted octanol–water partition coefficient (Wildman–Crippen LogP) is 3.19. The number of nitrogens with zero attached hydrogens (tertiary/aromatic N) is 1. The molecule has 6 heteroatoms. The van der Waals surface area contributed by atoms with Crippen molar-refractivity contribution in [2.24, 2.45) is 0 Å². The molecular weight excluding hydrogens is 281 g/mol. The van der Waals surface area contributed by atoms with Gasteiger partial charge in [0.25, 0.3) is 5.91 Å². The molecule has 0 aromatic heterocycles. The maximum Gasteiger partial charge on any atom is 0.255 e. The van der Waals surface area contributed by atoms with E-state index >= 15 is 0 Å². The second-order valence-corrected chi connectivity index (χ2v) is 4.44. The van der Waals surface area contributed by atoms with E-state index in [2.05, 4.69) is 5.32 Å². The summed E-state index contributed by atoms with van der Waals surface area (Å²) in [6, 6.07) is 9.91. The molecule has 1 amide bonds. The molecule has 20 heavy (non-hydrogen) atoms. The predicted molar refractivity (Wildman–Crippen MR) is 74.9 cm³/mol. The Bertz CT molecular complexity index is 705. The molecule has 2 rings (SSSR count). The number of nitrogens with two attached hydrogens (primary N) is 1. The molecule has 2 aromatic rings. The SMILES string of the molecule is N#Cc1ccc(Cl)c(NC(=O)c2cc(N)cc(F)c2)c1. The molecule has 0 unspecified atom stereocenters. The van der Waals surface area contributed by atoms with Crippen LogP contribution in [0.2, 0.25) is 5.02 Å². The van der Waals surface area contributed by atoms with Gasteiger partial charge >= 0.3 is 0 Å². The monoisotopic (exact) mass is 289 g/mol. The second-order valence-electron chi connectivity index (χ2n) is 4.03.